The smallest absolute Gasteiger partial charge is 0.223 e. The van der Waals surface area contributed by atoms with Crippen molar-refractivity contribution < 1.29 is 4.74 Å². The monoisotopic (exact) mass is 306 g/mol. The summed E-state index contributed by atoms with van der Waals surface area (Å²) in [5.74, 6) is 1.54. The van der Waals surface area contributed by atoms with Crippen LogP contribution in [0.4, 0.5) is 5.95 Å². The first kappa shape index (κ1) is 15.3. The van der Waals surface area contributed by atoms with Gasteiger partial charge in [-0.1, -0.05) is 30.4 Å². The number of aromatic nitrogens is 2. The molecule has 0 saturated heterocycles. The minimum absolute atomic E-state index is 0.663. The van der Waals surface area contributed by atoms with E-state index in [1.165, 1.54) is 5.56 Å². The van der Waals surface area contributed by atoms with Gasteiger partial charge in [0, 0.05) is 12.7 Å². The zero-order valence-electron chi connectivity index (χ0n) is 13.2. The van der Waals surface area contributed by atoms with E-state index in [0.717, 1.165) is 36.4 Å². The molecule has 23 heavy (non-hydrogen) atoms. The number of hydrogen-bond acceptors (Lipinski definition) is 4. The number of rotatable bonds is 6. The molecule has 1 radical (unpaired) electrons. The Morgan fingerprint density at radius 3 is 2.78 bits per heavy atom. The Hall–Kier alpha value is -2.62. The summed E-state index contributed by atoms with van der Waals surface area (Å²) >= 11 is 0. The molecule has 0 saturated carbocycles. The molecule has 3 rings (SSSR count). The first-order chi connectivity index (χ1) is 11.3. The quantitative estimate of drug-likeness (QED) is 0.884. The summed E-state index contributed by atoms with van der Waals surface area (Å²) in [6, 6.07) is 10.0. The van der Waals surface area contributed by atoms with Crippen LogP contribution in [0.3, 0.4) is 0 Å². The molecule has 1 aromatic carbocycles. The molecule has 0 aliphatic heterocycles. The molecule has 1 aromatic heterocycles. The molecular weight excluding hydrogens is 286 g/mol. The highest BCUT2D eigenvalue weighted by Gasteiger charge is 2.05. The van der Waals surface area contributed by atoms with Crippen molar-refractivity contribution in [1.29, 1.82) is 0 Å². The van der Waals surface area contributed by atoms with Crippen molar-refractivity contribution in [2.45, 2.75) is 12.8 Å². The molecule has 0 spiro atoms. The molecule has 2 aromatic rings. The van der Waals surface area contributed by atoms with Gasteiger partial charge in [0.05, 0.1) is 12.8 Å². The van der Waals surface area contributed by atoms with Crippen LogP contribution < -0.4 is 10.1 Å². The molecule has 1 heterocycles. The van der Waals surface area contributed by atoms with Crippen LogP contribution in [0, 0.1) is 6.42 Å². The molecule has 0 bridgehead atoms. The molecular formula is C19H20N3O. The summed E-state index contributed by atoms with van der Waals surface area (Å²) in [7, 11) is 1.68. The fourth-order valence-electron chi connectivity index (χ4n) is 2.41. The van der Waals surface area contributed by atoms with Crippen LogP contribution in [0.2, 0.25) is 0 Å². The third kappa shape index (κ3) is 4.19. The van der Waals surface area contributed by atoms with Gasteiger partial charge in [-0.05, 0) is 48.6 Å². The lowest BCUT2D eigenvalue weighted by Crippen LogP contribution is -2.08. The van der Waals surface area contributed by atoms with Crippen LogP contribution in [0.1, 0.15) is 17.7 Å². The summed E-state index contributed by atoms with van der Waals surface area (Å²) in [5.41, 5.74) is 3.32. The average Bonchev–Trinajstić information content (AvgIpc) is 2.63. The molecule has 0 amide bonds. The van der Waals surface area contributed by atoms with Gasteiger partial charge in [-0.25, -0.2) is 9.97 Å². The molecule has 0 unspecified atom stereocenters. The van der Waals surface area contributed by atoms with Gasteiger partial charge in [0.25, 0.3) is 0 Å². The lowest BCUT2D eigenvalue weighted by molar-refractivity contribution is 0.414. The van der Waals surface area contributed by atoms with Crippen molar-refractivity contribution in [3.05, 3.63) is 72.4 Å². The van der Waals surface area contributed by atoms with Crippen molar-refractivity contribution in [2.75, 3.05) is 19.0 Å². The molecule has 0 fully saturated rings. The molecule has 117 valence electrons. The first-order valence-electron chi connectivity index (χ1n) is 7.75. The fraction of sp³-hybridized carbons (Fsp3) is 0.211. The summed E-state index contributed by atoms with van der Waals surface area (Å²) in [4.78, 5) is 8.86. The third-order valence-electron chi connectivity index (χ3n) is 3.67. The van der Waals surface area contributed by atoms with E-state index in [0.29, 0.717) is 5.95 Å². The van der Waals surface area contributed by atoms with Crippen molar-refractivity contribution in [2.24, 2.45) is 0 Å². The third-order valence-corrected chi connectivity index (χ3v) is 3.67. The zero-order valence-corrected chi connectivity index (χ0v) is 13.2. The Labute approximate surface area is 136 Å². The van der Waals surface area contributed by atoms with E-state index in [2.05, 4.69) is 52.1 Å². The van der Waals surface area contributed by atoms with Gasteiger partial charge in [0.2, 0.25) is 5.95 Å². The largest absolute Gasteiger partial charge is 0.497 e. The van der Waals surface area contributed by atoms with Crippen LogP contribution in [0.15, 0.2) is 54.8 Å². The van der Waals surface area contributed by atoms with Gasteiger partial charge in [0.15, 0.2) is 0 Å². The molecule has 1 N–H and O–H groups in total. The number of allylic oxidation sites excluding steroid dienone is 4. The Morgan fingerprint density at radius 2 is 2.04 bits per heavy atom. The number of anilines is 1. The predicted octanol–water partition coefficient (Wildman–Crippen LogP) is 3.69. The Kier molecular flexibility index (Phi) is 5.04. The van der Waals surface area contributed by atoms with E-state index < -0.39 is 0 Å². The number of benzene rings is 1. The molecule has 1 aliphatic rings. The van der Waals surface area contributed by atoms with Crippen molar-refractivity contribution >= 4 is 11.5 Å². The van der Waals surface area contributed by atoms with Crippen LogP contribution in [0.25, 0.3) is 5.57 Å². The van der Waals surface area contributed by atoms with Gasteiger partial charge >= 0.3 is 0 Å². The maximum absolute atomic E-state index is 5.16. The van der Waals surface area contributed by atoms with Gasteiger partial charge in [-0.15, -0.1) is 0 Å². The predicted molar refractivity (Wildman–Crippen MR) is 93.3 cm³/mol. The van der Waals surface area contributed by atoms with E-state index in [1.807, 2.05) is 18.2 Å². The van der Waals surface area contributed by atoms with Crippen LogP contribution in [-0.2, 0) is 6.42 Å². The second-order valence-corrected chi connectivity index (χ2v) is 5.29. The van der Waals surface area contributed by atoms with Crippen molar-refractivity contribution in [3.63, 3.8) is 0 Å². The summed E-state index contributed by atoms with van der Waals surface area (Å²) in [5, 5.41) is 3.29. The van der Waals surface area contributed by atoms with Gasteiger partial charge in [-0.3, -0.25) is 0 Å². The number of ether oxygens (including phenoxy) is 1. The Bertz CT molecular complexity index is 705. The molecule has 4 heteroatoms. The zero-order chi connectivity index (χ0) is 15.9. The molecule has 1 aliphatic carbocycles. The number of nitrogens with zero attached hydrogens (tertiary/aromatic N) is 2. The number of methoxy groups -OCH3 is 1. The minimum Gasteiger partial charge on any atom is -0.497 e. The average molecular weight is 306 g/mol. The SMILES string of the molecule is COc1ccc(CCNc2nccc(C3=C[CH]CC=C3)n2)cc1. The second kappa shape index (κ2) is 7.58. The number of nitrogens with one attached hydrogen (secondary N) is 1. The van der Waals surface area contributed by atoms with Gasteiger partial charge in [-0.2, -0.15) is 0 Å². The van der Waals surface area contributed by atoms with Crippen LogP contribution >= 0.6 is 0 Å². The van der Waals surface area contributed by atoms with Gasteiger partial charge in [0.1, 0.15) is 5.75 Å². The topological polar surface area (TPSA) is 47.0 Å². The van der Waals surface area contributed by atoms with Crippen LogP contribution in [-0.4, -0.2) is 23.6 Å². The lowest BCUT2D eigenvalue weighted by atomic mass is 10.0. The normalized spacial score (nSPS) is 13.5. The van der Waals surface area contributed by atoms with E-state index in [-0.39, 0.29) is 0 Å². The highest BCUT2D eigenvalue weighted by molar-refractivity contribution is 5.74. The fourth-order valence-corrected chi connectivity index (χ4v) is 2.41. The van der Waals surface area contributed by atoms with Crippen molar-refractivity contribution in [1.82, 2.24) is 9.97 Å². The van der Waals surface area contributed by atoms with E-state index in [1.54, 1.807) is 13.3 Å². The minimum atomic E-state index is 0.663. The first-order valence-corrected chi connectivity index (χ1v) is 7.75. The maximum Gasteiger partial charge on any atom is 0.223 e. The summed E-state index contributed by atoms with van der Waals surface area (Å²) in [6.45, 7) is 0.788. The van der Waals surface area contributed by atoms with E-state index in [9.17, 15) is 0 Å². The highest BCUT2D eigenvalue weighted by atomic mass is 16.5. The summed E-state index contributed by atoms with van der Waals surface area (Å²) in [6.07, 6.45) is 12.2. The van der Waals surface area contributed by atoms with Crippen LogP contribution in [0.5, 0.6) is 5.75 Å². The Balaban J connectivity index is 1.57. The van der Waals surface area contributed by atoms with Crippen molar-refractivity contribution in [3.8, 4) is 5.75 Å². The van der Waals surface area contributed by atoms with E-state index >= 15 is 0 Å². The van der Waals surface area contributed by atoms with Gasteiger partial charge < -0.3 is 10.1 Å². The highest BCUT2D eigenvalue weighted by Crippen LogP contribution is 2.19. The van der Waals surface area contributed by atoms with E-state index in [4.69, 9.17) is 4.74 Å². The number of hydrogen-bond donors (Lipinski definition) is 1. The second-order valence-electron chi connectivity index (χ2n) is 5.29. The maximum atomic E-state index is 5.16. The Morgan fingerprint density at radius 1 is 1.17 bits per heavy atom. The molecule has 0 atom stereocenters. The standard InChI is InChI=1S/C19H20N3O/c1-23-17-9-7-15(8-10-17)11-13-20-19-21-14-12-18(22-19)16-5-3-2-4-6-16/h3-10,12,14H,2,11,13H2,1H3,(H,20,21,22). The summed E-state index contributed by atoms with van der Waals surface area (Å²) < 4.78 is 5.16. The lowest BCUT2D eigenvalue weighted by Gasteiger charge is -2.09. The molecule has 4 nitrogen and oxygen atoms in total.